The van der Waals surface area contributed by atoms with Gasteiger partial charge in [0.2, 0.25) is 23.1 Å². The van der Waals surface area contributed by atoms with Gasteiger partial charge in [-0.25, -0.2) is 0 Å². The lowest BCUT2D eigenvalue weighted by Gasteiger charge is -2.29. The molecular weight excluding hydrogens is 683 g/mol. The number of para-hydroxylation sites is 1. The molecule has 56 heavy (non-hydrogen) atoms. The molecule has 2 aliphatic heterocycles. The fourth-order valence-corrected chi connectivity index (χ4v) is 11.5. The van der Waals surface area contributed by atoms with Crippen molar-refractivity contribution < 1.29 is 13.6 Å². The van der Waals surface area contributed by atoms with Gasteiger partial charge in [-0.1, -0.05) is 74.2 Å². The van der Waals surface area contributed by atoms with Crippen LogP contribution in [0.4, 0.5) is 0 Å². The number of fused-ring (bicyclic) bond motifs is 19. The molecule has 0 N–H and O–H groups in total. The zero-order valence-corrected chi connectivity index (χ0v) is 31.3. The molecule has 0 bridgehead atoms. The third-order valence-corrected chi connectivity index (χ3v) is 13.9. The Kier molecular flexibility index (Phi) is 6.31. The van der Waals surface area contributed by atoms with E-state index in [-0.39, 0.29) is 12.0 Å². The Morgan fingerprint density at radius 3 is 2.41 bits per heavy atom. The molecule has 3 aliphatic rings. The smallest absolute Gasteiger partial charge is 0.249 e. The summed E-state index contributed by atoms with van der Waals surface area (Å²) < 4.78 is 14.4. The maximum absolute atomic E-state index is 6.97. The van der Waals surface area contributed by atoms with Crippen molar-refractivity contribution >= 4 is 65.7 Å². The van der Waals surface area contributed by atoms with Crippen LogP contribution in [-0.4, -0.2) is 4.40 Å². The number of nitrogens with zero attached hydrogens (tertiary/aromatic N) is 3. The highest BCUT2D eigenvalue weighted by atomic mass is 16.3. The molecule has 1 saturated carbocycles. The van der Waals surface area contributed by atoms with E-state index in [2.05, 4.69) is 147 Å². The van der Waals surface area contributed by atoms with Gasteiger partial charge in [-0.05, 0) is 97.0 Å². The van der Waals surface area contributed by atoms with Crippen molar-refractivity contribution in [1.82, 2.24) is 4.40 Å². The second-order valence-corrected chi connectivity index (χ2v) is 16.8. The van der Waals surface area contributed by atoms with Crippen LogP contribution in [0.25, 0.3) is 88.2 Å². The van der Waals surface area contributed by atoms with Gasteiger partial charge in [0.15, 0.2) is 12.4 Å². The molecule has 5 aromatic carbocycles. The lowest BCUT2D eigenvalue weighted by Crippen LogP contribution is -2.53. The van der Waals surface area contributed by atoms with Gasteiger partial charge in [0.25, 0.3) is 0 Å². The van der Waals surface area contributed by atoms with E-state index in [0.29, 0.717) is 0 Å². The molecular formula is C52H41N3O+2. The summed E-state index contributed by atoms with van der Waals surface area (Å²) in [5.41, 5.74) is 16.2. The molecule has 0 radical (unpaired) electrons. The molecule has 1 aliphatic carbocycles. The number of pyridine rings is 2. The summed E-state index contributed by atoms with van der Waals surface area (Å²) in [6, 6.07) is 45.5. The largest absolute Gasteiger partial charge is 0.455 e. The Morgan fingerprint density at radius 1 is 0.661 bits per heavy atom. The van der Waals surface area contributed by atoms with E-state index in [0.717, 1.165) is 42.0 Å². The van der Waals surface area contributed by atoms with Crippen molar-refractivity contribution in [3.8, 4) is 22.5 Å². The summed E-state index contributed by atoms with van der Waals surface area (Å²) in [6.45, 7) is 4.91. The zero-order valence-electron chi connectivity index (χ0n) is 31.3. The van der Waals surface area contributed by atoms with Gasteiger partial charge in [0.1, 0.15) is 11.2 Å². The van der Waals surface area contributed by atoms with Crippen molar-refractivity contribution in [3.63, 3.8) is 0 Å². The van der Waals surface area contributed by atoms with Crippen LogP contribution in [0.5, 0.6) is 0 Å². The fourth-order valence-electron chi connectivity index (χ4n) is 11.5. The monoisotopic (exact) mass is 723 g/mol. The maximum atomic E-state index is 6.97. The zero-order chi connectivity index (χ0) is 36.6. The summed E-state index contributed by atoms with van der Waals surface area (Å²) in [7, 11) is 0. The number of furan rings is 1. The highest BCUT2D eigenvalue weighted by Gasteiger charge is 2.47. The second kappa shape index (κ2) is 11.4. The molecule has 0 amide bonds. The van der Waals surface area contributed by atoms with E-state index in [1.54, 1.807) is 0 Å². The molecule has 4 heteroatoms. The van der Waals surface area contributed by atoms with Gasteiger partial charge >= 0.3 is 0 Å². The summed E-state index contributed by atoms with van der Waals surface area (Å²) in [5.74, 6) is 0.975. The molecule has 0 saturated heterocycles. The Labute approximate surface area is 324 Å². The molecule has 4 nitrogen and oxygen atoms in total. The lowest BCUT2D eigenvalue weighted by atomic mass is 9.78. The third kappa shape index (κ3) is 4.09. The molecule has 2 unspecified atom stereocenters. The summed E-state index contributed by atoms with van der Waals surface area (Å²) in [6.07, 6.45) is 13.0. The second-order valence-electron chi connectivity index (χ2n) is 16.8. The first-order valence-electron chi connectivity index (χ1n) is 20.6. The highest BCUT2D eigenvalue weighted by Crippen LogP contribution is 2.51. The first-order chi connectivity index (χ1) is 27.7. The number of benzene rings is 5. The van der Waals surface area contributed by atoms with E-state index < -0.39 is 0 Å². The number of allylic oxidation sites excluding steroid dienone is 1. The number of rotatable bonds is 2. The summed E-state index contributed by atoms with van der Waals surface area (Å²) in [5, 5.41) is 7.66. The molecule has 10 aromatic rings. The Balaban J connectivity index is 1.12. The van der Waals surface area contributed by atoms with Crippen LogP contribution in [0.3, 0.4) is 0 Å². The van der Waals surface area contributed by atoms with Crippen LogP contribution in [0.15, 0.2) is 145 Å². The van der Waals surface area contributed by atoms with Crippen molar-refractivity contribution in [2.24, 2.45) is 5.92 Å². The van der Waals surface area contributed by atoms with Gasteiger partial charge in [0, 0.05) is 56.8 Å². The van der Waals surface area contributed by atoms with E-state index in [1.807, 2.05) is 0 Å². The molecule has 1 fully saturated rings. The number of hydrogen-bond donors (Lipinski definition) is 0. The lowest BCUT2D eigenvalue weighted by molar-refractivity contribution is -0.727. The molecule has 268 valence electrons. The van der Waals surface area contributed by atoms with Gasteiger partial charge in [-0.3, -0.25) is 0 Å². The normalized spacial score (nSPS) is 18.3. The van der Waals surface area contributed by atoms with Crippen molar-refractivity contribution in [2.75, 3.05) is 0 Å². The average molecular weight is 724 g/mol. The van der Waals surface area contributed by atoms with Gasteiger partial charge in [0.05, 0.1) is 33.4 Å². The maximum Gasteiger partial charge on any atom is 0.249 e. The molecule has 0 spiro atoms. The average Bonchev–Trinajstić information content (AvgIpc) is 4.04. The van der Waals surface area contributed by atoms with Gasteiger partial charge < -0.3 is 8.82 Å². The van der Waals surface area contributed by atoms with E-state index in [1.165, 1.54) is 114 Å². The fraction of sp³-hybridized carbons (Fsp3) is 0.192. The van der Waals surface area contributed by atoms with Crippen molar-refractivity contribution in [2.45, 2.75) is 56.9 Å². The predicted octanol–water partition coefficient (Wildman–Crippen LogP) is 12.1. The molecule has 13 rings (SSSR count). The highest BCUT2D eigenvalue weighted by molar-refractivity contribution is 6.33. The number of hydrogen-bond acceptors (Lipinski definition) is 1. The Morgan fingerprint density at radius 2 is 1.48 bits per heavy atom. The quantitative estimate of drug-likeness (QED) is 0.163. The van der Waals surface area contributed by atoms with Gasteiger partial charge in [-0.2, -0.15) is 9.13 Å². The van der Waals surface area contributed by atoms with Crippen LogP contribution in [-0.2, 0) is 12.8 Å². The van der Waals surface area contributed by atoms with E-state index >= 15 is 0 Å². The molecule has 5 aromatic heterocycles. The van der Waals surface area contributed by atoms with Crippen LogP contribution in [0.1, 0.15) is 60.8 Å². The topological polar surface area (TPSA) is 25.3 Å². The van der Waals surface area contributed by atoms with Crippen LogP contribution >= 0.6 is 0 Å². The van der Waals surface area contributed by atoms with Crippen molar-refractivity contribution in [3.05, 3.63) is 157 Å². The first-order valence-corrected chi connectivity index (χ1v) is 20.6. The van der Waals surface area contributed by atoms with Crippen LogP contribution < -0.4 is 9.13 Å². The SMILES string of the molecule is C=C1C2C(CCc3ccccc3-c3cccc[n+]31)c1cc3c(cc1-c1cccc[n+]12)c1cc2c(oc4cccc(CC5CCCC5)c42)c2c4ccccc4n3c12. The van der Waals surface area contributed by atoms with Crippen LogP contribution in [0.2, 0.25) is 0 Å². The molecule has 2 atom stereocenters. The Hall–Kier alpha value is -6.26. The summed E-state index contributed by atoms with van der Waals surface area (Å²) >= 11 is 0. The molecule has 7 heterocycles. The number of aromatic nitrogens is 3. The standard InChI is InChI=1S/C52H41N3O/c1-31-50-36(24-23-33-15-4-5-17-35(33)43-19-8-10-25-53(31)43)38-30-46-40(28-39(38)44-20-9-11-26-54(44)50)41-29-42-48-34(27-32-13-2-3-14-32)16-12-22-47(48)56-52(42)49-37-18-6-7-21-45(37)55(46)51(41)49/h4-12,15-22,25-26,28-30,32,36,50H,1-3,13-14,23-24,27H2/q+2. The minimum Gasteiger partial charge on any atom is -0.455 e. The van der Waals surface area contributed by atoms with Crippen molar-refractivity contribution in [1.29, 1.82) is 0 Å². The predicted molar refractivity (Wildman–Crippen MR) is 227 cm³/mol. The van der Waals surface area contributed by atoms with E-state index in [9.17, 15) is 0 Å². The third-order valence-electron chi connectivity index (χ3n) is 13.9. The minimum atomic E-state index is 0.0504. The van der Waals surface area contributed by atoms with E-state index in [4.69, 9.17) is 11.0 Å². The first kappa shape index (κ1) is 31.0. The number of aryl methyl sites for hydroxylation is 1. The Bertz CT molecular complexity index is 3280. The van der Waals surface area contributed by atoms with Crippen LogP contribution in [0, 0.1) is 5.92 Å². The summed E-state index contributed by atoms with van der Waals surface area (Å²) in [4.78, 5) is 0. The minimum absolute atomic E-state index is 0.0504. The van der Waals surface area contributed by atoms with Gasteiger partial charge in [-0.15, -0.1) is 0 Å².